The predicted molar refractivity (Wildman–Crippen MR) is 90.7 cm³/mol. The van der Waals surface area contributed by atoms with Crippen LogP contribution in [0.1, 0.15) is 38.2 Å². The average Bonchev–Trinajstić information content (AvgIpc) is 3.07. The van der Waals surface area contributed by atoms with Crippen molar-refractivity contribution in [3.63, 3.8) is 0 Å². The maximum atomic E-state index is 11.8. The van der Waals surface area contributed by atoms with Crippen molar-refractivity contribution in [1.29, 1.82) is 0 Å². The standard InChI is InChI=1S/C18H28N2O3/c1-2-3-13-22-17-9-5-4-8-16(17)15-19-18(21)23-14-12-20-10-6-7-11-20/h4-5,8-9H,2-3,6-7,10-15H2,1H3,(H,19,21). The zero-order valence-electron chi connectivity index (χ0n) is 14.1. The zero-order chi connectivity index (χ0) is 16.3. The lowest BCUT2D eigenvalue weighted by molar-refractivity contribution is 0.132. The minimum Gasteiger partial charge on any atom is -0.493 e. The van der Waals surface area contributed by atoms with E-state index >= 15 is 0 Å². The number of benzene rings is 1. The average molecular weight is 320 g/mol. The highest BCUT2D eigenvalue weighted by Crippen LogP contribution is 2.18. The summed E-state index contributed by atoms with van der Waals surface area (Å²) in [6.45, 7) is 6.76. The van der Waals surface area contributed by atoms with E-state index < -0.39 is 0 Å². The van der Waals surface area contributed by atoms with Gasteiger partial charge in [-0.2, -0.15) is 0 Å². The van der Waals surface area contributed by atoms with Crippen molar-refractivity contribution in [2.45, 2.75) is 39.2 Å². The second-order valence-electron chi connectivity index (χ2n) is 5.85. The molecule has 0 aromatic heterocycles. The van der Waals surface area contributed by atoms with Gasteiger partial charge in [0.25, 0.3) is 0 Å². The molecule has 1 amide bonds. The summed E-state index contributed by atoms with van der Waals surface area (Å²) in [4.78, 5) is 14.1. The van der Waals surface area contributed by atoms with E-state index in [0.717, 1.165) is 43.8 Å². The van der Waals surface area contributed by atoms with E-state index in [1.54, 1.807) is 0 Å². The number of hydrogen-bond acceptors (Lipinski definition) is 4. The van der Waals surface area contributed by atoms with Crippen LogP contribution < -0.4 is 10.1 Å². The van der Waals surface area contributed by atoms with E-state index in [1.165, 1.54) is 12.8 Å². The molecular weight excluding hydrogens is 292 g/mol. The van der Waals surface area contributed by atoms with Gasteiger partial charge < -0.3 is 14.8 Å². The number of carbonyl (C=O) groups excluding carboxylic acids is 1. The van der Waals surface area contributed by atoms with E-state index in [2.05, 4.69) is 17.1 Å². The van der Waals surface area contributed by atoms with Crippen LogP contribution in [0.5, 0.6) is 5.75 Å². The largest absolute Gasteiger partial charge is 0.493 e. The number of para-hydroxylation sites is 1. The molecule has 0 aliphatic carbocycles. The van der Waals surface area contributed by atoms with E-state index in [4.69, 9.17) is 9.47 Å². The molecule has 0 bridgehead atoms. The number of rotatable bonds is 9. The fourth-order valence-electron chi connectivity index (χ4n) is 2.61. The van der Waals surface area contributed by atoms with E-state index in [9.17, 15) is 4.79 Å². The van der Waals surface area contributed by atoms with Crippen LogP contribution in [-0.4, -0.2) is 43.8 Å². The van der Waals surface area contributed by atoms with E-state index in [1.807, 2.05) is 24.3 Å². The van der Waals surface area contributed by atoms with Crippen molar-refractivity contribution >= 4 is 6.09 Å². The van der Waals surface area contributed by atoms with Crippen LogP contribution in [0, 0.1) is 0 Å². The van der Waals surface area contributed by atoms with Crippen LogP contribution in [0.4, 0.5) is 4.79 Å². The molecule has 1 aromatic rings. The number of alkyl carbamates (subject to hydrolysis) is 1. The quantitative estimate of drug-likeness (QED) is 0.710. The summed E-state index contributed by atoms with van der Waals surface area (Å²) >= 11 is 0. The minimum atomic E-state index is -0.368. The molecule has 1 aromatic carbocycles. The summed E-state index contributed by atoms with van der Waals surface area (Å²) in [7, 11) is 0. The summed E-state index contributed by atoms with van der Waals surface area (Å²) < 4.78 is 11.0. The summed E-state index contributed by atoms with van der Waals surface area (Å²) in [5.41, 5.74) is 0.972. The van der Waals surface area contributed by atoms with Gasteiger partial charge in [0.05, 0.1) is 6.61 Å². The lowest BCUT2D eigenvalue weighted by Gasteiger charge is -2.15. The predicted octanol–water partition coefficient (Wildman–Crippen LogP) is 3.19. The second-order valence-corrected chi connectivity index (χ2v) is 5.85. The van der Waals surface area contributed by atoms with Crippen LogP contribution in [0.25, 0.3) is 0 Å². The highest BCUT2D eigenvalue weighted by molar-refractivity contribution is 5.67. The molecule has 5 heteroatoms. The van der Waals surface area contributed by atoms with E-state index in [-0.39, 0.29) is 6.09 Å². The summed E-state index contributed by atoms with van der Waals surface area (Å²) in [6.07, 6.45) is 4.26. The Morgan fingerprint density at radius 1 is 1.22 bits per heavy atom. The molecule has 1 fully saturated rings. The number of carbonyl (C=O) groups is 1. The number of amides is 1. The first-order chi connectivity index (χ1) is 11.3. The van der Waals surface area contributed by atoms with Crippen molar-refractivity contribution < 1.29 is 14.3 Å². The Kier molecular flexibility index (Phi) is 7.73. The fraction of sp³-hybridized carbons (Fsp3) is 0.611. The molecule has 0 unspecified atom stereocenters. The van der Waals surface area contributed by atoms with Crippen LogP contribution >= 0.6 is 0 Å². The monoisotopic (exact) mass is 320 g/mol. The number of ether oxygens (including phenoxy) is 2. The molecule has 1 N–H and O–H groups in total. The van der Waals surface area contributed by atoms with Gasteiger partial charge in [0.2, 0.25) is 0 Å². The maximum Gasteiger partial charge on any atom is 0.407 e. The molecule has 0 spiro atoms. The Hall–Kier alpha value is -1.75. The van der Waals surface area contributed by atoms with Gasteiger partial charge in [-0.25, -0.2) is 4.79 Å². The third-order valence-electron chi connectivity index (χ3n) is 3.99. The first-order valence-corrected chi connectivity index (χ1v) is 8.63. The molecule has 1 aliphatic rings. The maximum absolute atomic E-state index is 11.8. The summed E-state index contributed by atoms with van der Waals surface area (Å²) in [6, 6.07) is 7.79. The molecule has 0 radical (unpaired) electrons. The Morgan fingerprint density at radius 3 is 2.78 bits per heavy atom. The molecule has 0 atom stereocenters. The fourth-order valence-corrected chi connectivity index (χ4v) is 2.61. The Bertz CT molecular complexity index is 473. The van der Waals surface area contributed by atoms with Gasteiger partial charge in [0.1, 0.15) is 12.4 Å². The third-order valence-corrected chi connectivity index (χ3v) is 3.99. The third kappa shape index (κ3) is 6.48. The smallest absolute Gasteiger partial charge is 0.407 e. The molecule has 2 rings (SSSR count). The number of likely N-dealkylation sites (tertiary alicyclic amines) is 1. The summed E-state index contributed by atoms with van der Waals surface area (Å²) in [5, 5.41) is 2.80. The molecule has 1 heterocycles. The van der Waals surface area contributed by atoms with Crippen LogP contribution in [-0.2, 0) is 11.3 Å². The molecule has 23 heavy (non-hydrogen) atoms. The first-order valence-electron chi connectivity index (χ1n) is 8.63. The van der Waals surface area contributed by atoms with Crippen LogP contribution in [0.15, 0.2) is 24.3 Å². The molecule has 128 valence electrons. The van der Waals surface area contributed by atoms with E-state index in [0.29, 0.717) is 19.8 Å². The van der Waals surface area contributed by atoms with Crippen molar-refractivity contribution in [2.75, 3.05) is 32.8 Å². The van der Waals surface area contributed by atoms with Crippen molar-refractivity contribution in [2.24, 2.45) is 0 Å². The van der Waals surface area contributed by atoms with Crippen LogP contribution in [0.2, 0.25) is 0 Å². The highest BCUT2D eigenvalue weighted by atomic mass is 16.5. The van der Waals surface area contributed by atoms with Crippen molar-refractivity contribution in [1.82, 2.24) is 10.2 Å². The van der Waals surface area contributed by atoms with Gasteiger partial charge in [-0.1, -0.05) is 31.5 Å². The number of unbranched alkanes of at least 4 members (excludes halogenated alkanes) is 1. The van der Waals surface area contributed by atoms with Crippen molar-refractivity contribution in [3.05, 3.63) is 29.8 Å². The number of nitrogens with zero attached hydrogens (tertiary/aromatic N) is 1. The minimum absolute atomic E-state index is 0.368. The SMILES string of the molecule is CCCCOc1ccccc1CNC(=O)OCCN1CCCC1. The Balaban J connectivity index is 1.68. The second kappa shape index (κ2) is 10.1. The Morgan fingerprint density at radius 2 is 2.00 bits per heavy atom. The molecule has 1 saturated heterocycles. The lowest BCUT2D eigenvalue weighted by atomic mass is 10.2. The molecule has 0 saturated carbocycles. The Labute approximate surface area is 139 Å². The summed E-state index contributed by atoms with van der Waals surface area (Å²) in [5.74, 6) is 0.832. The first kappa shape index (κ1) is 17.6. The molecule has 5 nitrogen and oxygen atoms in total. The van der Waals surface area contributed by atoms with Gasteiger partial charge >= 0.3 is 6.09 Å². The highest BCUT2D eigenvalue weighted by Gasteiger charge is 2.12. The normalized spacial score (nSPS) is 14.7. The van der Waals surface area contributed by atoms with Crippen LogP contribution in [0.3, 0.4) is 0 Å². The molecule has 1 aliphatic heterocycles. The topological polar surface area (TPSA) is 50.8 Å². The zero-order valence-corrected chi connectivity index (χ0v) is 14.1. The van der Waals surface area contributed by atoms with Gasteiger partial charge in [0.15, 0.2) is 0 Å². The van der Waals surface area contributed by atoms with Gasteiger partial charge in [-0.15, -0.1) is 0 Å². The molecular formula is C18H28N2O3. The number of nitrogens with one attached hydrogen (secondary N) is 1. The van der Waals surface area contributed by atoms with Gasteiger partial charge in [-0.05, 0) is 38.4 Å². The van der Waals surface area contributed by atoms with Gasteiger partial charge in [-0.3, -0.25) is 4.90 Å². The van der Waals surface area contributed by atoms with Crippen molar-refractivity contribution in [3.8, 4) is 5.75 Å². The van der Waals surface area contributed by atoms with Gasteiger partial charge in [0, 0.05) is 18.7 Å². The lowest BCUT2D eigenvalue weighted by Crippen LogP contribution is -2.29. The number of hydrogen-bond donors (Lipinski definition) is 1.